The second-order valence-corrected chi connectivity index (χ2v) is 8.58. The van der Waals surface area contributed by atoms with Gasteiger partial charge < -0.3 is 14.2 Å². The Morgan fingerprint density at radius 3 is 2.57 bits per heavy atom. The lowest BCUT2D eigenvalue weighted by Crippen LogP contribution is -2.41. The molecule has 8 nitrogen and oxygen atoms in total. The fourth-order valence-electron chi connectivity index (χ4n) is 2.95. The van der Waals surface area contributed by atoms with E-state index in [1.165, 1.54) is 27.5 Å². The summed E-state index contributed by atoms with van der Waals surface area (Å²) >= 11 is 0. The zero-order chi connectivity index (χ0) is 20.3. The molecular formula is C19H23N3O5S. The molecule has 1 aliphatic heterocycles. The Morgan fingerprint density at radius 2 is 1.89 bits per heavy atom. The molecule has 0 atom stereocenters. The molecule has 1 saturated heterocycles. The molecular weight excluding hydrogens is 382 g/mol. The molecule has 1 aromatic carbocycles. The first-order valence-corrected chi connectivity index (χ1v) is 10.3. The molecule has 1 fully saturated rings. The summed E-state index contributed by atoms with van der Waals surface area (Å²) in [5.41, 5.74) is 1.27. The van der Waals surface area contributed by atoms with Gasteiger partial charge in [-0.25, -0.2) is 8.42 Å². The van der Waals surface area contributed by atoms with Crippen molar-refractivity contribution in [2.75, 3.05) is 38.3 Å². The molecule has 3 rings (SSSR count). The maximum Gasteiger partial charge on any atom is 0.251 e. The van der Waals surface area contributed by atoms with Crippen LogP contribution >= 0.6 is 0 Å². The summed E-state index contributed by atoms with van der Waals surface area (Å²) in [7, 11) is -2.12. The zero-order valence-corrected chi connectivity index (χ0v) is 16.7. The maximum atomic E-state index is 12.8. The normalized spacial score (nSPS) is 15.4. The summed E-state index contributed by atoms with van der Waals surface area (Å²) < 4.78 is 33.2. The van der Waals surface area contributed by atoms with E-state index in [4.69, 9.17) is 4.74 Å². The fourth-order valence-corrected chi connectivity index (χ4v) is 4.38. The first-order chi connectivity index (χ1) is 13.3. The third kappa shape index (κ3) is 4.32. The van der Waals surface area contributed by atoms with Crippen molar-refractivity contribution in [2.45, 2.75) is 18.4 Å². The van der Waals surface area contributed by atoms with Gasteiger partial charge in [0.15, 0.2) is 0 Å². The molecule has 0 saturated carbocycles. The number of ether oxygens (including phenoxy) is 1. The smallest absolute Gasteiger partial charge is 0.251 e. The van der Waals surface area contributed by atoms with Crippen molar-refractivity contribution in [1.29, 1.82) is 0 Å². The molecule has 0 radical (unpaired) electrons. The van der Waals surface area contributed by atoms with Crippen molar-refractivity contribution in [2.24, 2.45) is 0 Å². The van der Waals surface area contributed by atoms with Gasteiger partial charge in [0.05, 0.1) is 18.1 Å². The highest BCUT2D eigenvalue weighted by Gasteiger charge is 2.27. The summed E-state index contributed by atoms with van der Waals surface area (Å²) in [4.78, 5) is 26.2. The van der Waals surface area contributed by atoms with Crippen molar-refractivity contribution >= 4 is 21.6 Å². The summed E-state index contributed by atoms with van der Waals surface area (Å²) in [6.07, 6.45) is 1.23. The fraction of sp³-hybridized carbons (Fsp3) is 0.368. The lowest BCUT2D eigenvalue weighted by Gasteiger charge is -2.26. The van der Waals surface area contributed by atoms with E-state index in [-0.39, 0.29) is 30.4 Å². The average Bonchev–Trinajstić information content (AvgIpc) is 2.69. The Hall–Kier alpha value is -2.49. The lowest BCUT2D eigenvalue weighted by atomic mass is 10.2. The number of hydrogen-bond donors (Lipinski definition) is 0. The molecule has 28 heavy (non-hydrogen) atoms. The SMILES string of the molecule is Cc1cccc(N(C)C(=O)Cn2cc(S(=O)(=O)N3CCOCC3)ccc2=O)c1. The largest absolute Gasteiger partial charge is 0.379 e. The van der Waals surface area contributed by atoms with E-state index in [2.05, 4.69) is 0 Å². The molecule has 2 aromatic rings. The van der Waals surface area contributed by atoms with Crippen LogP contribution in [0.25, 0.3) is 0 Å². The number of morpholine rings is 1. The van der Waals surface area contributed by atoms with Gasteiger partial charge in [-0.2, -0.15) is 4.31 Å². The quantitative estimate of drug-likeness (QED) is 0.736. The number of sulfonamides is 1. The van der Waals surface area contributed by atoms with Crippen molar-refractivity contribution in [3.8, 4) is 0 Å². The van der Waals surface area contributed by atoms with Gasteiger partial charge >= 0.3 is 0 Å². The molecule has 2 heterocycles. The van der Waals surface area contributed by atoms with Crippen molar-refractivity contribution in [3.05, 3.63) is 58.5 Å². The Morgan fingerprint density at radius 1 is 1.18 bits per heavy atom. The number of carbonyl (C=O) groups excluding carboxylic acids is 1. The van der Waals surface area contributed by atoms with Gasteiger partial charge in [-0.1, -0.05) is 12.1 Å². The van der Waals surface area contributed by atoms with E-state index in [1.807, 2.05) is 25.1 Å². The molecule has 0 bridgehead atoms. The van der Waals surface area contributed by atoms with E-state index in [0.29, 0.717) is 18.9 Å². The minimum atomic E-state index is -3.75. The van der Waals surface area contributed by atoms with Gasteiger partial charge in [-0.15, -0.1) is 0 Å². The maximum absolute atomic E-state index is 12.8. The lowest BCUT2D eigenvalue weighted by molar-refractivity contribution is -0.118. The van der Waals surface area contributed by atoms with E-state index < -0.39 is 15.6 Å². The van der Waals surface area contributed by atoms with E-state index in [0.717, 1.165) is 10.1 Å². The minimum Gasteiger partial charge on any atom is -0.379 e. The van der Waals surface area contributed by atoms with Crippen LogP contribution in [0.15, 0.2) is 52.3 Å². The molecule has 1 amide bonds. The molecule has 0 spiro atoms. The molecule has 0 unspecified atom stereocenters. The summed E-state index contributed by atoms with van der Waals surface area (Å²) in [6, 6.07) is 9.88. The van der Waals surface area contributed by atoms with Crippen LogP contribution in [-0.4, -0.2) is 56.5 Å². The van der Waals surface area contributed by atoms with Gasteiger partial charge in [0.2, 0.25) is 15.9 Å². The number of anilines is 1. The number of aryl methyl sites for hydroxylation is 1. The number of amides is 1. The first-order valence-electron chi connectivity index (χ1n) is 8.90. The number of carbonyl (C=O) groups is 1. The van der Waals surface area contributed by atoms with Gasteiger partial charge in [0.25, 0.3) is 5.56 Å². The van der Waals surface area contributed by atoms with Gasteiger partial charge in [0.1, 0.15) is 6.54 Å². The van der Waals surface area contributed by atoms with Crippen LogP contribution in [-0.2, 0) is 26.1 Å². The summed E-state index contributed by atoms with van der Waals surface area (Å²) in [5.74, 6) is -0.325. The summed E-state index contributed by atoms with van der Waals surface area (Å²) in [5, 5.41) is 0. The van der Waals surface area contributed by atoms with Crippen LogP contribution in [0.3, 0.4) is 0 Å². The van der Waals surface area contributed by atoms with Crippen molar-refractivity contribution < 1.29 is 17.9 Å². The van der Waals surface area contributed by atoms with Crippen LogP contribution in [0.5, 0.6) is 0 Å². The number of benzene rings is 1. The van der Waals surface area contributed by atoms with Gasteiger partial charge in [0, 0.05) is 38.1 Å². The highest BCUT2D eigenvalue weighted by molar-refractivity contribution is 7.89. The van der Waals surface area contributed by atoms with Crippen molar-refractivity contribution in [1.82, 2.24) is 8.87 Å². The van der Waals surface area contributed by atoms with E-state index in [1.54, 1.807) is 13.1 Å². The average molecular weight is 405 g/mol. The number of aromatic nitrogens is 1. The Kier molecular flexibility index (Phi) is 5.97. The molecule has 1 aromatic heterocycles. The Bertz CT molecular complexity index is 1030. The molecule has 150 valence electrons. The monoisotopic (exact) mass is 405 g/mol. The number of hydrogen-bond acceptors (Lipinski definition) is 5. The second kappa shape index (κ2) is 8.26. The minimum absolute atomic E-state index is 0.0139. The molecule has 1 aliphatic rings. The predicted molar refractivity (Wildman–Crippen MR) is 105 cm³/mol. The number of nitrogens with zero attached hydrogens (tertiary/aromatic N) is 3. The molecule has 9 heteroatoms. The van der Waals surface area contributed by atoms with E-state index >= 15 is 0 Å². The summed E-state index contributed by atoms with van der Waals surface area (Å²) in [6.45, 7) is 2.85. The number of pyridine rings is 1. The zero-order valence-electron chi connectivity index (χ0n) is 15.9. The first kappa shape index (κ1) is 20.2. The number of likely N-dealkylation sites (N-methyl/N-ethyl adjacent to an activating group) is 1. The Balaban J connectivity index is 1.83. The Labute approximate surface area is 164 Å². The molecule has 0 aliphatic carbocycles. The third-order valence-corrected chi connectivity index (χ3v) is 6.52. The van der Waals surface area contributed by atoms with Crippen LogP contribution in [0.4, 0.5) is 5.69 Å². The van der Waals surface area contributed by atoms with Gasteiger partial charge in [-0.3, -0.25) is 9.59 Å². The van der Waals surface area contributed by atoms with E-state index in [9.17, 15) is 18.0 Å². The standard InChI is InChI=1S/C19H23N3O5S/c1-15-4-3-5-16(12-15)20(2)19(24)14-21-13-17(6-7-18(21)23)28(25,26)22-8-10-27-11-9-22/h3-7,12-13H,8-11,14H2,1-2H3. The molecule has 0 N–H and O–H groups in total. The topological polar surface area (TPSA) is 88.9 Å². The highest BCUT2D eigenvalue weighted by atomic mass is 32.2. The second-order valence-electron chi connectivity index (χ2n) is 6.64. The van der Waals surface area contributed by atoms with Crippen LogP contribution in [0.1, 0.15) is 5.56 Å². The highest BCUT2D eigenvalue weighted by Crippen LogP contribution is 2.17. The van der Waals surface area contributed by atoms with Crippen LogP contribution < -0.4 is 10.5 Å². The number of rotatable bonds is 5. The van der Waals surface area contributed by atoms with Crippen LogP contribution in [0, 0.1) is 6.92 Å². The van der Waals surface area contributed by atoms with Crippen molar-refractivity contribution in [3.63, 3.8) is 0 Å². The predicted octanol–water partition coefficient (Wildman–Crippen LogP) is 0.841. The van der Waals surface area contributed by atoms with Crippen LogP contribution in [0.2, 0.25) is 0 Å². The van der Waals surface area contributed by atoms with Gasteiger partial charge in [-0.05, 0) is 30.7 Å². The third-order valence-electron chi connectivity index (χ3n) is 4.63.